The molecule has 94 valence electrons. The van der Waals surface area contributed by atoms with E-state index in [9.17, 15) is 4.79 Å². The normalized spacial score (nSPS) is 12.0. The number of hydrogen-bond acceptors (Lipinski definition) is 2. The van der Waals surface area contributed by atoms with Crippen molar-refractivity contribution in [2.24, 2.45) is 0 Å². The third-order valence-electron chi connectivity index (χ3n) is 2.61. The Labute approximate surface area is 103 Å². The fourth-order valence-electron chi connectivity index (χ4n) is 1.65. The molecule has 17 heavy (non-hydrogen) atoms. The van der Waals surface area contributed by atoms with Gasteiger partial charge in [0.2, 0.25) is 5.91 Å². The minimum Gasteiger partial charge on any atom is -0.491 e. The number of para-hydroxylation sites is 1. The summed E-state index contributed by atoms with van der Waals surface area (Å²) in [7, 11) is 0. The molecule has 0 aliphatic heterocycles. The van der Waals surface area contributed by atoms with E-state index >= 15 is 0 Å². The van der Waals surface area contributed by atoms with E-state index in [1.165, 1.54) is 0 Å². The van der Waals surface area contributed by atoms with Crippen LogP contribution in [0.3, 0.4) is 0 Å². The maximum Gasteiger partial charge on any atom is 0.220 e. The van der Waals surface area contributed by atoms with E-state index in [2.05, 4.69) is 5.32 Å². The Bertz CT molecular complexity index is 368. The molecule has 3 nitrogen and oxygen atoms in total. The lowest BCUT2D eigenvalue weighted by Crippen LogP contribution is -2.36. The second-order valence-corrected chi connectivity index (χ2v) is 4.35. The third-order valence-corrected chi connectivity index (χ3v) is 2.61. The van der Waals surface area contributed by atoms with Crippen LogP contribution < -0.4 is 10.1 Å². The van der Waals surface area contributed by atoms with E-state index in [1.807, 2.05) is 45.9 Å². The highest BCUT2D eigenvalue weighted by molar-refractivity contribution is 5.75. The van der Waals surface area contributed by atoms with E-state index in [-0.39, 0.29) is 11.9 Å². The lowest BCUT2D eigenvalue weighted by molar-refractivity contribution is -0.121. The summed E-state index contributed by atoms with van der Waals surface area (Å²) in [6.45, 7) is 8.34. The second-order valence-electron chi connectivity index (χ2n) is 4.35. The van der Waals surface area contributed by atoms with Crippen LogP contribution in [0.1, 0.15) is 31.4 Å². The number of amides is 1. The van der Waals surface area contributed by atoms with Crippen LogP contribution >= 0.6 is 0 Å². The van der Waals surface area contributed by atoms with Crippen LogP contribution in [0.4, 0.5) is 0 Å². The number of carbonyl (C=O) groups excluding carboxylic acids is 1. The minimum atomic E-state index is 0.0291. The highest BCUT2D eigenvalue weighted by Gasteiger charge is 2.08. The Hall–Kier alpha value is -1.51. The van der Waals surface area contributed by atoms with Gasteiger partial charge < -0.3 is 10.1 Å². The van der Waals surface area contributed by atoms with Crippen LogP contribution in [-0.2, 0) is 4.79 Å². The SMILES string of the molecule is CCC(=O)N[C@H](C)COc1c(C)cccc1C. The molecule has 0 heterocycles. The summed E-state index contributed by atoms with van der Waals surface area (Å²) in [5, 5.41) is 2.87. The zero-order valence-electron chi connectivity index (χ0n) is 11.0. The van der Waals surface area contributed by atoms with Gasteiger partial charge >= 0.3 is 0 Å². The molecule has 0 aromatic heterocycles. The summed E-state index contributed by atoms with van der Waals surface area (Å²) in [4.78, 5) is 11.2. The molecule has 0 unspecified atom stereocenters. The van der Waals surface area contributed by atoms with Gasteiger partial charge in [-0.3, -0.25) is 4.79 Å². The minimum absolute atomic E-state index is 0.0291. The molecule has 1 N–H and O–H groups in total. The molecule has 1 aromatic carbocycles. The van der Waals surface area contributed by atoms with Crippen molar-refractivity contribution in [3.8, 4) is 5.75 Å². The Balaban J connectivity index is 2.53. The molecule has 0 fully saturated rings. The highest BCUT2D eigenvalue weighted by atomic mass is 16.5. The molecule has 0 aliphatic carbocycles. The number of ether oxygens (including phenoxy) is 1. The van der Waals surface area contributed by atoms with E-state index < -0.39 is 0 Å². The second kappa shape index (κ2) is 6.28. The molecule has 3 heteroatoms. The molecule has 0 saturated carbocycles. The van der Waals surface area contributed by atoms with Gasteiger partial charge in [-0.15, -0.1) is 0 Å². The fourth-order valence-corrected chi connectivity index (χ4v) is 1.65. The Morgan fingerprint density at radius 3 is 2.47 bits per heavy atom. The summed E-state index contributed by atoms with van der Waals surface area (Å²) in [5.74, 6) is 0.979. The Morgan fingerprint density at radius 1 is 1.35 bits per heavy atom. The van der Waals surface area contributed by atoms with Crippen LogP contribution in [0, 0.1) is 13.8 Å². The molecule has 1 rings (SSSR count). The average Bonchev–Trinajstić information content (AvgIpc) is 2.28. The lowest BCUT2D eigenvalue weighted by atomic mass is 10.1. The predicted octanol–water partition coefficient (Wildman–Crippen LogP) is 2.60. The summed E-state index contributed by atoms with van der Waals surface area (Å²) >= 11 is 0. The van der Waals surface area contributed by atoms with Gasteiger partial charge in [-0.25, -0.2) is 0 Å². The van der Waals surface area contributed by atoms with Crippen LogP contribution in [0.25, 0.3) is 0 Å². The molecular weight excluding hydrogens is 214 g/mol. The summed E-state index contributed by atoms with van der Waals surface area (Å²) in [5.41, 5.74) is 2.25. The number of aryl methyl sites for hydroxylation is 2. The number of rotatable bonds is 5. The smallest absolute Gasteiger partial charge is 0.220 e. The van der Waals surface area contributed by atoms with E-state index in [1.54, 1.807) is 0 Å². The first kappa shape index (κ1) is 13.6. The zero-order valence-corrected chi connectivity index (χ0v) is 11.0. The van der Waals surface area contributed by atoms with Gasteiger partial charge in [0.15, 0.2) is 0 Å². The molecule has 0 saturated heterocycles. The molecule has 0 spiro atoms. The first-order valence-electron chi connectivity index (χ1n) is 6.03. The number of benzene rings is 1. The number of nitrogens with one attached hydrogen (secondary N) is 1. The van der Waals surface area contributed by atoms with Crippen LogP contribution in [0.2, 0.25) is 0 Å². The standard InChI is InChI=1S/C14H21NO2/c1-5-13(16)15-12(4)9-17-14-10(2)7-6-8-11(14)3/h6-8,12H,5,9H2,1-4H3,(H,15,16)/t12-/m1/s1. The van der Waals surface area contributed by atoms with Crippen molar-refractivity contribution in [3.05, 3.63) is 29.3 Å². The van der Waals surface area contributed by atoms with E-state index in [0.29, 0.717) is 13.0 Å². The van der Waals surface area contributed by atoms with Crippen molar-refractivity contribution >= 4 is 5.91 Å². The van der Waals surface area contributed by atoms with Crippen LogP contribution in [-0.4, -0.2) is 18.6 Å². The van der Waals surface area contributed by atoms with Crippen molar-refractivity contribution < 1.29 is 9.53 Å². The van der Waals surface area contributed by atoms with Crippen LogP contribution in [0.5, 0.6) is 5.75 Å². The molecule has 1 aromatic rings. The first-order chi connectivity index (χ1) is 8.04. The molecule has 1 atom stereocenters. The number of carbonyl (C=O) groups is 1. The third kappa shape index (κ3) is 4.10. The first-order valence-corrected chi connectivity index (χ1v) is 6.03. The average molecular weight is 235 g/mol. The molecule has 0 aliphatic rings. The fraction of sp³-hybridized carbons (Fsp3) is 0.500. The molecule has 0 bridgehead atoms. The topological polar surface area (TPSA) is 38.3 Å². The quantitative estimate of drug-likeness (QED) is 0.852. The lowest BCUT2D eigenvalue weighted by Gasteiger charge is -2.17. The van der Waals surface area contributed by atoms with Gasteiger partial charge in [0.1, 0.15) is 12.4 Å². The Kier molecular flexibility index (Phi) is 5.01. The Morgan fingerprint density at radius 2 is 1.94 bits per heavy atom. The van der Waals surface area contributed by atoms with Gasteiger partial charge in [0.25, 0.3) is 0 Å². The van der Waals surface area contributed by atoms with Gasteiger partial charge in [-0.2, -0.15) is 0 Å². The number of hydrogen-bond donors (Lipinski definition) is 1. The maximum absolute atomic E-state index is 11.2. The van der Waals surface area contributed by atoms with Gasteiger partial charge in [-0.05, 0) is 31.9 Å². The highest BCUT2D eigenvalue weighted by Crippen LogP contribution is 2.22. The van der Waals surface area contributed by atoms with Crippen LogP contribution in [0.15, 0.2) is 18.2 Å². The maximum atomic E-state index is 11.2. The zero-order chi connectivity index (χ0) is 12.8. The summed E-state index contributed by atoms with van der Waals surface area (Å²) in [6.07, 6.45) is 0.508. The van der Waals surface area contributed by atoms with Crippen molar-refractivity contribution in [3.63, 3.8) is 0 Å². The molecule has 0 radical (unpaired) electrons. The monoisotopic (exact) mass is 235 g/mol. The van der Waals surface area contributed by atoms with E-state index in [0.717, 1.165) is 16.9 Å². The molecular formula is C14H21NO2. The van der Waals surface area contributed by atoms with Gasteiger partial charge in [0.05, 0.1) is 6.04 Å². The molecule has 1 amide bonds. The largest absolute Gasteiger partial charge is 0.491 e. The van der Waals surface area contributed by atoms with Gasteiger partial charge in [-0.1, -0.05) is 25.1 Å². The van der Waals surface area contributed by atoms with Crippen molar-refractivity contribution in [2.45, 2.75) is 40.2 Å². The van der Waals surface area contributed by atoms with Crippen molar-refractivity contribution in [1.29, 1.82) is 0 Å². The summed E-state index contributed by atoms with van der Waals surface area (Å²) < 4.78 is 5.76. The summed E-state index contributed by atoms with van der Waals surface area (Å²) in [6, 6.07) is 6.09. The predicted molar refractivity (Wildman–Crippen MR) is 69.3 cm³/mol. The van der Waals surface area contributed by atoms with Crippen molar-refractivity contribution in [2.75, 3.05) is 6.61 Å². The van der Waals surface area contributed by atoms with Gasteiger partial charge in [0, 0.05) is 6.42 Å². The van der Waals surface area contributed by atoms with Crippen molar-refractivity contribution in [1.82, 2.24) is 5.32 Å². The van der Waals surface area contributed by atoms with E-state index in [4.69, 9.17) is 4.74 Å².